The summed E-state index contributed by atoms with van der Waals surface area (Å²) in [6, 6.07) is 2.65. The molecule has 0 spiro atoms. The average Bonchev–Trinajstić information content (AvgIpc) is 2.24. The van der Waals surface area contributed by atoms with Crippen molar-refractivity contribution < 1.29 is 15.0 Å². The lowest BCUT2D eigenvalue weighted by Gasteiger charge is -2.27. The van der Waals surface area contributed by atoms with Gasteiger partial charge in [-0.2, -0.15) is 0 Å². The lowest BCUT2D eigenvalue weighted by molar-refractivity contribution is 0.0459. The highest BCUT2D eigenvalue weighted by molar-refractivity contribution is 6.29. The summed E-state index contributed by atoms with van der Waals surface area (Å²) < 4.78 is 0. The van der Waals surface area contributed by atoms with E-state index in [1.807, 2.05) is 19.0 Å². The van der Waals surface area contributed by atoms with Gasteiger partial charge in [-0.05, 0) is 33.2 Å². The Morgan fingerprint density at radius 2 is 2.16 bits per heavy atom. The van der Waals surface area contributed by atoms with E-state index < -0.39 is 11.6 Å². The normalized spacial score (nSPS) is 14.2. The van der Waals surface area contributed by atoms with Gasteiger partial charge in [0.15, 0.2) is 0 Å². The molecular formula is C12H18ClN3O3. The minimum Gasteiger partial charge on any atom is -0.478 e. The van der Waals surface area contributed by atoms with Gasteiger partial charge in [0.1, 0.15) is 11.0 Å². The van der Waals surface area contributed by atoms with Crippen LogP contribution < -0.4 is 5.32 Å². The maximum Gasteiger partial charge on any atom is 0.335 e. The van der Waals surface area contributed by atoms with E-state index in [9.17, 15) is 9.90 Å². The number of pyridine rings is 1. The van der Waals surface area contributed by atoms with Crippen molar-refractivity contribution >= 4 is 23.4 Å². The van der Waals surface area contributed by atoms with Crippen molar-refractivity contribution in [2.75, 3.05) is 32.5 Å². The summed E-state index contributed by atoms with van der Waals surface area (Å²) >= 11 is 5.74. The molecule has 1 unspecified atom stereocenters. The molecular weight excluding hydrogens is 270 g/mol. The fraction of sp³-hybridized carbons (Fsp3) is 0.500. The van der Waals surface area contributed by atoms with Crippen molar-refractivity contribution in [3.8, 4) is 0 Å². The van der Waals surface area contributed by atoms with E-state index in [2.05, 4.69) is 10.3 Å². The Hall–Kier alpha value is -1.37. The van der Waals surface area contributed by atoms with Crippen LogP contribution in [0, 0.1) is 0 Å². The van der Waals surface area contributed by atoms with Crippen LogP contribution in [0.25, 0.3) is 0 Å². The molecule has 0 aromatic carbocycles. The number of aliphatic hydroxyl groups is 1. The molecule has 0 fully saturated rings. The predicted octanol–water partition coefficient (Wildman–Crippen LogP) is 1.16. The van der Waals surface area contributed by atoms with E-state index in [1.165, 1.54) is 12.1 Å². The first-order valence-corrected chi connectivity index (χ1v) is 6.09. The van der Waals surface area contributed by atoms with Crippen LogP contribution in [-0.4, -0.2) is 58.9 Å². The molecule has 1 aromatic heterocycles. The van der Waals surface area contributed by atoms with Crippen LogP contribution in [0.3, 0.4) is 0 Å². The van der Waals surface area contributed by atoms with Gasteiger partial charge in [0.05, 0.1) is 11.2 Å². The predicted molar refractivity (Wildman–Crippen MR) is 73.9 cm³/mol. The third kappa shape index (κ3) is 5.42. The molecule has 6 nitrogen and oxygen atoms in total. The number of nitrogens with zero attached hydrogens (tertiary/aromatic N) is 2. The van der Waals surface area contributed by atoms with Gasteiger partial charge < -0.3 is 20.4 Å². The maximum atomic E-state index is 10.9. The third-order valence-electron chi connectivity index (χ3n) is 2.35. The van der Waals surface area contributed by atoms with Gasteiger partial charge in [-0.25, -0.2) is 9.78 Å². The summed E-state index contributed by atoms with van der Waals surface area (Å²) in [5.74, 6) is -0.753. The van der Waals surface area contributed by atoms with Crippen molar-refractivity contribution in [2.24, 2.45) is 0 Å². The Morgan fingerprint density at radius 1 is 1.53 bits per heavy atom. The maximum absolute atomic E-state index is 10.9. The van der Waals surface area contributed by atoms with Crippen LogP contribution in [0.5, 0.6) is 0 Å². The van der Waals surface area contributed by atoms with Gasteiger partial charge in [0.25, 0.3) is 0 Å². The molecule has 19 heavy (non-hydrogen) atoms. The number of carboxylic acid groups (broad SMARTS) is 1. The van der Waals surface area contributed by atoms with Gasteiger partial charge in [-0.15, -0.1) is 0 Å². The van der Waals surface area contributed by atoms with E-state index in [4.69, 9.17) is 16.7 Å². The van der Waals surface area contributed by atoms with Gasteiger partial charge in [-0.3, -0.25) is 0 Å². The smallest absolute Gasteiger partial charge is 0.335 e. The number of aromatic nitrogens is 1. The first-order chi connectivity index (χ1) is 8.69. The zero-order valence-electron chi connectivity index (χ0n) is 11.1. The van der Waals surface area contributed by atoms with Crippen LogP contribution in [0.1, 0.15) is 17.3 Å². The van der Waals surface area contributed by atoms with Crippen molar-refractivity contribution in [3.63, 3.8) is 0 Å². The molecule has 0 amide bonds. The lowest BCUT2D eigenvalue weighted by Crippen LogP contribution is -2.43. The number of hydrogen-bond donors (Lipinski definition) is 3. The number of rotatable bonds is 6. The van der Waals surface area contributed by atoms with Gasteiger partial charge in [0.2, 0.25) is 0 Å². The lowest BCUT2D eigenvalue weighted by atomic mass is 10.1. The molecule has 106 valence electrons. The first kappa shape index (κ1) is 15.7. The van der Waals surface area contributed by atoms with E-state index in [1.54, 1.807) is 6.92 Å². The Labute approximate surface area is 117 Å². The summed E-state index contributed by atoms with van der Waals surface area (Å²) in [5.41, 5.74) is -0.911. The largest absolute Gasteiger partial charge is 0.478 e. The molecule has 7 heteroatoms. The fourth-order valence-corrected chi connectivity index (χ4v) is 1.94. The molecule has 0 saturated heterocycles. The highest BCUT2D eigenvalue weighted by Gasteiger charge is 2.21. The minimum atomic E-state index is -1.08. The standard InChI is InChI=1S/C12H18ClN3O3/c1-12(19,7-16(2)3)6-14-10-5-8(11(17)18)4-9(13)15-10/h4-5,19H,6-7H2,1-3H3,(H,14,15)(H,17,18). The van der Waals surface area contributed by atoms with Crippen LogP contribution >= 0.6 is 11.6 Å². The zero-order chi connectivity index (χ0) is 14.6. The van der Waals surface area contributed by atoms with E-state index in [0.717, 1.165) is 0 Å². The molecule has 0 aliphatic heterocycles. The molecule has 0 saturated carbocycles. The highest BCUT2D eigenvalue weighted by atomic mass is 35.5. The zero-order valence-corrected chi connectivity index (χ0v) is 11.9. The summed E-state index contributed by atoms with van der Waals surface area (Å²) in [6.07, 6.45) is 0. The van der Waals surface area contributed by atoms with Crippen LogP contribution in [0.15, 0.2) is 12.1 Å². The number of hydrogen-bond acceptors (Lipinski definition) is 5. The molecule has 3 N–H and O–H groups in total. The molecule has 1 aromatic rings. The summed E-state index contributed by atoms with van der Waals surface area (Å²) in [7, 11) is 3.71. The van der Waals surface area contributed by atoms with Crippen molar-refractivity contribution in [2.45, 2.75) is 12.5 Å². The molecule has 0 bridgehead atoms. The fourth-order valence-electron chi connectivity index (χ4n) is 1.73. The average molecular weight is 288 g/mol. The molecule has 1 rings (SSSR count). The Kier molecular flexibility index (Phi) is 5.11. The van der Waals surface area contributed by atoms with E-state index in [0.29, 0.717) is 12.4 Å². The second-order valence-corrected chi connectivity index (χ2v) is 5.34. The third-order valence-corrected chi connectivity index (χ3v) is 2.54. The van der Waals surface area contributed by atoms with Gasteiger partial charge in [0, 0.05) is 13.1 Å². The molecule has 0 aliphatic carbocycles. The number of carbonyl (C=O) groups is 1. The second-order valence-electron chi connectivity index (χ2n) is 4.96. The Bertz CT molecular complexity index is 464. The number of halogens is 1. The van der Waals surface area contributed by atoms with Gasteiger partial charge in [-0.1, -0.05) is 11.6 Å². The van der Waals surface area contributed by atoms with Gasteiger partial charge >= 0.3 is 5.97 Å². The first-order valence-electron chi connectivity index (χ1n) is 5.71. The summed E-state index contributed by atoms with van der Waals surface area (Å²) in [5, 5.41) is 22.0. The van der Waals surface area contributed by atoms with Crippen LogP contribution in [0.2, 0.25) is 5.15 Å². The van der Waals surface area contributed by atoms with E-state index in [-0.39, 0.29) is 17.3 Å². The molecule has 0 aliphatic rings. The topological polar surface area (TPSA) is 85.7 Å². The molecule has 1 heterocycles. The van der Waals surface area contributed by atoms with Crippen LogP contribution in [0.4, 0.5) is 5.82 Å². The second kappa shape index (κ2) is 6.18. The number of aromatic carboxylic acids is 1. The Balaban J connectivity index is 2.75. The molecule has 1 atom stereocenters. The quantitative estimate of drug-likeness (QED) is 0.681. The van der Waals surface area contributed by atoms with Crippen molar-refractivity contribution in [1.82, 2.24) is 9.88 Å². The highest BCUT2D eigenvalue weighted by Crippen LogP contribution is 2.15. The minimum absolute atomic E-state index is 0.0507. The monoisotopic (exact) mass is 287 g/mol. The van der Waals surface area contributed by atoms with Crippen LogP contribution in [-0.2, 0) is 0 Å². The SMILES string of the molecule is CN(C)CC(C)(O)CNc1cc(C(=O)O)cc(Cl)n1. The number of anilines is 1. The number of carboxylic acids is 1. The summed E-state index contributed by atoms with van der Waals surface area (Å²) in [4.78, 5) is 16.7. The van der Waals surface area contributed by atoms with Crippen molar-refractivity contribution in [1.29, 1.82) is 0 Å². The molecule has 0 radical (unpaired) electrons. The number of nitrogens with one attached hydrogen (secondary N) is 1. The Morgan fingerprint density at radius 3 is 2.68 bits per heavy atom. The number of likely N-dealkylation sites (N-methyl/N-ethyl adjacent to an activating group) is 1. The van der Waals surface area contributed by atoms with Crippen molar-refractivity contribution in [3.05, 3.63) is 22.8 Å². The van der Waals surface area contributed by atoms with E-state index >= 15 is 0 Å². The summed E-state index contributed by atoms with van der Waals surface area (Å²) in [6.45, 7) is 2.38.